The molecule has 1 aromatic heterocycles. The first kappa shape index (κ1) is 19.4. The minimum atomic E-state index is -3.47. The molecule has 1 atom stereocenters. The van der Waals surface area contributed by atoms with Crippen LogP contribution in [0.1, 0.15) is 40.5 Å². The first-order chi connectivity index (χ1) is 11.2. The average molecular weight is 373 g/mol. The number of carbonyl (C=O) groups is 1. The number of hydrogen-bond donors (Lipinski definition) is 1. The maximum Gasteiger partial charge on any atom is 0.252 e. The van der Waals surface area contributed by atoms with Crippen LogP contribution in [0, 0.1) is 17.8 Å². The molecule has 0 unspecified atom stereocenters. The van der Waals surface area contributed by atoms with Crippen LogP contribution in [0.2, 0.25) is 0 Å². The van der Waals surface area contributed by atoms with Gasteiger partial charge >= 0.3 is 0 Å². The molecule has 136 valence electrons. The minimum absolute atomic E-state index is 0.0199. The summed E-state index contributed by atoms with van der Waals surface area (Å²) in [5.74, 6) is 0.411. The first-order valence-corrected chi connectivity index (χ1v) is 10.9. The van der Waals surface area contributed by atoms with Gasteiger partial charge in [-0.05, 0) is 36.1 Å². The predicted octanol–water partition coefficient (Wildman–Crippen LogP) is 2.95. The van der Waals surface area contributed by atoms with Gasteiger partial charge in [0.1, 0.15) is 4.21 Å². The molecule has 1 N–H and O–H groups in total. The van der Waals surface area contributed by atoms with Crippen molar-refractivity contribution < 1.29 is 13.2 Å². The smallest absolute Gasteiger partial charge is 0.252 e. The van der Waals surface area contributed by atoms with Crippen LogP contribution in [0.4, 0.5) is 0 Å². The van der Waals surface area contributed by atoms with Crippen molar-refractivity contribution >= 4 is 27.3 Å². The van der Waals surface area contributed by atoms with Crippen molar-refractivity contribution in [3.05, 3.63) is 17.5 Å². The molecule has 1 fully saturated rings. The zero-order valence-corrected chi connectivity index (χ0v) is 16.5. The number of nitrogens with one attached hydrogen (secondary N) is 1. The van der Waals surface area contributed by atoms with Gasteiger partial charge < -0.3 is 5.32 Å². The van der Waals surface area contributed by atoms with Gasteiger partial charge in [0.15, 0.2) is 0 Å². The van der Waals surface area contributed by atoms with Gasteiger partial charge in [0.2, 0.25) is 5.91 Å². The second kappa shape index (κ2) is 7.97. The van der Waals surface area contributed by atoms with E-state index in [1.54, 1.807) is 17.5 Å². The van der Waals surface area contributed by atoms with E-state index < -0.39 is 10.0 Å². The van der Waals surface area contributed by atoms with Crippen LogP contribution in [0.15, 0.2) is 21.7 Å². The molecule has 0 radical (unpaired) electrons. The molecule has 1 saturated heterocycles. The molecular weight excluding hydrogens is 344 g/mol. The fourth-order valence-corrected chi connectivity index (χ4v) is 5.97. The van der Waals surface area contributed by atoms with Crippen molar-refractivity contribution in [2.45, 2.75) is 50.8 Å². The minimum Gasteiger partial charge on any atom is -0.353 e. The van der Waals surface area contributed by atoms with Gasteiger partial charge in [0.25, 0.3) is 10.0 Å². The van der Waals surface area contributed by atoms with E-state index in [0.29, 0.717) is 22.6 Å². The van der Waals surface area contributed by atoms with Gasteiger partial charge in [-0.3, -0.25) is 4.79 Å². The van der Waals surface area contributed by atoms with Crippen LogP contribution in [0.25, 0.3) is 0 Å². The van der Waals surface area contributed by atoms with E-state index in [9.17, 15) is 13.2 Å². The molecule has 0 spiro atoms. The third-order valence-electron chi connectivity index (χ3n) is 4.59. The van der Waals surface area contributed by atoms with Crippen molar-refractivity contribution in [2.24, 2.45) is 17.8 Å². The molecule has 1 aliphatic rings. The van der Waals surface area contributed by atoms with Gasteiger partial charge in [-0.2, -0.15) is 4.31 Å². The molecule has 0 saturated carbocycles. The lowest BCUT2D eigenvalue weighted by Crippen LogP contribution is -2.49. The molecule has 1 aromatic rings. The zero-order chi connectivity index (χ0) is 17.9. The summed E-state index contributed by atoms with van der Waals surface area (Å²) in [6.07, 6.45) is 1.46. The van der Waals surface area contributed by atoms with Gasteiger partial charge in [0.05, 0.1) is 5.92 Å². The molecule has 24 heavy (non-hydrogen) atoms. The van der Waals surface area contributed by atoms with E-state index in [0.717, 1.165) is 12.8 Å². The highest BCUT2D eigenvalue weighted by Crippen LogP contribution is 2.26. The summed E-state index contributed by atoms with van der Waals surface area (Å²) in [5.41, 5.74) is 0. The highest BCUT2D eigenvalue weighted by molar-refractivity contribution is 7.91. The molecule has 7 heteroatoms. The van der Waals surface area contributed by atoms with E-state index >= 15 is 0 Å². The second-order valence-electron chi connectivity index (χ2n) is 7.16. The molecule has 1 aliphatic heterocycles. The van der Waals surface area contributed by atoms with Crippen LogP contribution in [0.5, 0.6) is 0 Å². The standard InChI is InChI=1S/C17H28N2O3S2/c1-12(2)16(13(3)4)18-17(20)14-7-5-9-19(11-14)24(21,22)15-8-6-10-23-15/h6,8,10,12-14,16H,5,7,9,11H2,1-4H3,(H,18,20)/t14-/m1/s1. The third-order valence-corrected chi connectivity index (χ3v) is 7.83. The summed E-state index contributed by atoms with van der Waals surface area (Å²) >= 11 is 1.22. The number of nitrogens with zero attached hydrogens (tertiary/aromatic N) is 1. The van der Waals surface area contributed by atoms with Crippen LogP contribution >= 0.6 is 11.3 Å². The fraction of sp³-hybridized carbons (Fsp3) is 0.706. The Hall–Kier alpha value is -0.920. The van der Waals surface area contributed by atoms with Crippen LogP contribution in [-0.4, -0.2) is 37.8 Å². The molecule has 2 heterocycles. The molecule has 0 aromatic carbocycles. The van der Waals surface area contributed by atoms with E-state index in [1.807, 2.05) is 0 Å². The molecule has 5 nitrogen and oxygen atoms in total. The number of carbonyl (C=O) groups excluding carboxylic acids is 1. The number of amides is 1. The van der Waals surface area contributed by atoms with Gasteiger partial charge in [-0.1, -0.05) is 33.8 Å². The maximum atomic E-state index is 12.7. The van der Waals surface area contributed by atoms with E-state index in [4.69, 9.17) is 0 Å². The second-order valence-corrected chi connectivity index (χ2v) is 10.3. The third kappa shape index (κ3) is 4.37. The Kier molecular flexibility index (Phi) is 6.45. The largest absolute Gasteiger partial charge is 0.353 e. The highest BCUT2D eigenvalue weighted by Gasteiger charge is 2.34. The van der Waals surface area contributed by atoms with E-state index in [2.05, 4.69) is 33.0 Å². The summed E-state index contributed by atoms with van der Waals surface area (Å²) < 4.78 is 27.1. The molecule has 1 amide bonds. The van der Waals surface area contributed by atoms with E-state index in [1.165, 1.54) is 15.6 Å². The lowest BCUT2D eigenvalue weighted by molar-refractivity contribution is -0.127. The fourth-order valence-electron chi connectivity index (χ4n) is 3.30. The van der Waals surface area contributed by atoms with Crippen molar-refractivity contribution in [1.82, 2.24) is 9.62 Å². The summed E-state index contributed by atoms with van der Waals surface area (Å²) in [5, 5.41) is 4.90. The molecular formula is C17H28N2O3S2. The number of piperidine rings is 1. The van der Waals surface area contributed by atoms with Crippen LogP contribution in [-0.2, 0) is 14.8 Å². The van der Waals surface area contributed by atoms with Crippen molar-refractivity contribution in [3.63, 3.8) is 0 Å². The first-order valence-electron chi connectivity index (χ1n) is 8.57. The van der Waals surface area contributed by atoms with Crippen molar-refractivity contribution in [2.75, 3.05) is 13.1 Å². The monoisotopic (exact) mass is 372 g/mol. The highest BCUT2D eigenvalue weighted by atomic mass is 32.2. The number of hydrogen-bond acceptors (Lipinski definition) is 4. The quantitative estimate of drug-likeness (QED) is 0.835. The van der Waals surface area contributed by atoms with Crippen LogP contribution in [0.3, 0.4) is 0 Å². The Balaban J connectivity index is 2.06. The molecule has 0 bridgehead atoms. The Bertz CT molecular complexity index is 631. The Morgan fingerprint density at radius 2 is 1.96 bits per heavy atom. The van der Waals surface area contributed by atoms with Gasteiger partial charge in [0, 0.05) is 19.1 Å². The summed E-state index contributed by atoms with van der Waals surface area (Å²) in [4.78, 5) is 12.6. The lowest BCUT2D eigenvalue weighted by atomic mass is 9.91. The number of sulfonamides is 1. The van der Waals surface area contributed by atoms with Gasteiger partial charge in [-0.15, -0.1) is 11.3 Å². The predicted molar refractivity (Wildman–Crippen MR) is 97.4 cm³/mol. The summed E-state index contributed by atoms with van der Waals surface area (Å²) in [6, 6.07) is 3.47. The van der Waals surface area contributed by atoms with Crippen molar-refractivity contribution in [3.8, 4) is 0 Å². The summed E-state index contributed by atoms with van der Waals surface area (Å²) in [7, 11) is -3.47. The topological polar surface area (TPSA) is 66.5 Å². The molecule has 0 aliphatic carbocycles. The number of rotatable bonds is 6. The van der Waals surface area contributed by atoms with Crippen molar-refractivity contribution in [1.29, 1.82) is 0 Å². The zero-order valence-electron chi connectivity index (χ0n) is 14.9. The summed E-state index contributed by atoms with van der Waals surface area (Å²) in [6.45, 7) is 9.15. The average Bonchev–Trinajstić information content (AvgIpc) is 3.07. The Labute approximate surface area is 149 Å². The Morgan fingerprint density at radius 1 is 1.29 bits per heavy atom. The maximum absolute atomic E-state index is 12.7. The molecule has 2 rings (SSSR count). The van der Waals surface area contributed by atoms with E-state index in [-0.39, 0.29) is 24.4 Å². The SMILES string of the molecule is CC(C)C(NC(=O)[C@@H]1CCCN(S(=O)(=O)c2cccs2)C1)C(C)C. The Morgan fingerprint density at radius 3 is 2.50 bits per heavy atom. The van der Waals surface area contributed by atoms with Crippen LogP contribution < -0.4 is 5.32 Å². The lowest BCUT2D eigenvalue weighted by Gasteiger charge is -2.33. The van der Waals surface area contributed by atoms with Gasteiger partial charge in [-0.25, -0.2) is 8.42 Å². The normalized spacial score (nSPS) is 20.0. The number of thiophene rings is 1.